The lowest BCUT2D eigenvalue weighted by atomic mass is 9.72. The van der Waals surface area contributed by atoms with Crippen LogP contribution < -0.4 is 9.47 Å². The summed E-state index contributed by atoms with van der Waals surface area (Å²) in [5.74, 6) is -8.15. The minimum atomic E-state index is -2.37. The van der Waals surface area contributed by atoms with E-state index in [1.54, 1.807) is 13.8 Å². The predicted molar refractivity (Wildman–Crippen MR) is 271 cm³/mol. The predicted octanol–water partition coefficient (Wildman–Crippen LogP) is 1.65. The number of carbonyl (C=O) groups is 6. The summed E-state index contributed by atoms with van der Waals surface area (Å²) in [5.41, 5.74) is -8.10. The summed E-state index contributed by atoms with van der Waals surface area (Å²) in [6, 6.07) is 7.79. The maximum atomic E-state index is 14.2. The van der Waals surface area contributed by atoms with Gasteiger partial charge in [-0.2, -0.15) is 0 Å². The standard InChI is InChI=1S/C57H58N2O22/c1-22-54-28(11-36(78-22)80-32-15-56(72,34(62)17-60)13-26-40(32)52(70)44-42(48(26)66)46(64)24-7-5-9-30(74-3)38(24)50(44)68)58(20-76-54)19-59-21-77-55-23(2)79-37(12-29(55)59)81-33-16-57(73,35(63)18-61)14-27-41(33)53(71)45-43(49(27)67)47(65)25-8-6-10-31(75-4)39(25)51(45)69/h5-10,22-23,28-29,32-33,36-37,54-55,60-61,66-67,70-73H,11-21H2,1-4H3/t22?,23?,28?,29?,32?,33?,36?,37?,54?,55?,56-,57-/m0/s1. The van der Waals surface area contributed by atoms with Gasteiger partial charge in [-0.3, -0.25) is 38.6 Å². The topological polar surface area (TPSA) is 345 Å². The summed E-state index contributed by atoms with van der Waals surface area (Å²) in [5, 5.41) is 91.7. The lowest BCUT2D eigenvalue weighted by molar-refractivity contribution is -0.248. The third kappa shape index (κ3) is 8.32. The van der Waals surface area contributed by atoms with E-state index in [4.69, 9.17) is 37.9 Å². The largest absolute Gasteiger partial charge is 0.507 e. The van der Waals surface area contributed by atoms with Crippen molar-refractivity contribution >= 4 is 34.7 Å². The molecule has 81 heavy (non-hydrogen) atoms. The molecule has 0 saturated carbocycles. The fourth-order valence-corrected chi connectivity index (χ4v) is 13.6. The van der Waals surface area contributed by atoms with Crippen LogP contribution in [0.4, 0.5) is 0 Å². The van der Waals surface area contributed by atoms with Crippen molar-refractivity contribution in [3.8, 4) is 34.5 Å². The molecule has 12 atom stereocenters. The number of nitrogens with zero attached hydrogens (tertiary/aromatic N) is 2. The van der Waals surface area contributed by atoms with Gasteiger partial charge in [-0.05, 0) is 26.0 Å². The Hall–Kier alpha value is -6.78. The quantitative estimate of drug-likeness (QED) is 0.0808. The lowest BCUT2D eigenvalue weighted by Gasteiger charge is -2.44. The van der Waals surface area contributed by atoms with E-state index in [1.807, 2.05) is 9.80 Å². The van der Waals surface area contributed by atoms with Crippen LogP contribution in [-0.4, -0.2) is 193 Å². The summed E-state index contributed by atoms with van der Waals surface area (Å²) < 4.78 is 49.3. The Morgan fingerprint density at radius 1 is 0.580 bits per heavy atom. The van der Waals surface area contributed by atoms with Crippen LogP contribution >= 0.6 is 0 Å². The van der Waals surface area contributed by atoms with E-state index in [2.05, 4.69) is 0 Å². The zero-order valence-electron chi connectivity index (χ0n) is 44.2. The van der Waals surface area contributed by atoms with Crippen LogP contribution in [0.25, 0.3) is 0 Å². The van der Waals surface area contributed by atoms with E-state index in [1.165, 1.54) is 50.6 Å². The molecule has 4 aliphatic carbocycles. The molecule has 428 valence electrons. The molecule has 4 aromatic carbocycles. The molecule has 0 amide bonds. The number of hydrogen-bond acceptors (Lipinski definition) is 24. The van der Waals surface area contributed by atoms with Crippen molar-refractivity contribution in [2.45, 2.75) is 125 Å². The number of hydrogen-bond donors (Lipinski definition) is 8. The maximum Gasteiger partial charge on any atom is 0.202 e. The molecule has 4 saturated heterocycles. The number of ketones is 6. The number of phenols is 4. The van der Waals surface area contributed by atoms with Gasteiger partial charge in [-0.25, -0.2) is 0 Å². The minimum absolute atomic E-state index is 0.0509. The number of methoxy groups -OCH3 is 2. The van der Waals surface area contributed by atoms with Crippen LogP contribution in [0.15, 0.2) is 36.4 Å². The van der Waals surface area contributed by atoms with Crippen molar-refractivity contribution in [2.75, 3.05) is 47.6 Å². The minimum Gasteiger partial charge on any atom is -0.507 e. The molecule has 0 spiro atoms. The van der Waals surface area contributed by atoms with Gasteiger partial charge in [0, 0.05) is 84.0 Å². The number of rotatable bonds is 12. The Labute approximate surface area is 460 Å². The van der Waals surface area contributed by atoms with E-state index >= 15 is 0 Å². The molecule has 4 aliphatic heterocycles. The van der Waals surface area contributed by atoms with Gasteiger partial charge in [0.15, 0.2) is 35.7 Å². The van der Waals surface area contributed by atoms with E-state index in [-0.39, 0.29) is 89.0 Å². The Kier molecular flexibility index (Phi) is 13.5. The average molecular weight is 1120 g/mol. The van der Waals surface area contributed by atoms with Crippen molar-refractivity contribution in [1.82, 2.24) is 9.80 Å². The molecular weight excluding hydrogens is 1060 g/mol. The zero-order valence-corrected chi connectivity index (χ0v) is 44.2. The van der Waals surface area contributed by atoms with Gasteiger partial charge in [-0.15, -0.1) is 0 Å². The van der Waals surface area contributed by atoms with Crippen LogP contribution in [0.5, 0.6) is 34.5 Å². The second kappa shape index (κ2) is 20.0. The summed E-state index contributed by atoms with van der Waals surface area (Å²) in [6.07, 6.45) is -9.71. The normalized spacial score (nSPS) is 31.3. The van der Waals surface area contributed by atoms with Crippen LogP contribution in [0, 0.1) is 0 Å². The molecule has 4 aromatic rings. The maximum absolute atomic E-state index is 14.2. The summed E-state index contributed by atoms with van der Waals surface area (Å²) in [7, 11) is 2.62. The third-order valence-corrected chi connectivity index (χ3v) is 17.6. The first-order valence-corrected chi connectivity index (χ1v) is 26.5. The van der Waals surface area contributed by atoms with Gasteiger partial charge >= 0.3 is 0 Å². The third-order valence-electron chi connectivity index (χ3n) is 17.6. The van der Waals surface area contributed by atoms with Crippen molar-refractivity contribution in [1.29, 1.82) is 0 Å². The van der Waals surface area contributed by atoms with E-state index in [0.29, 0.717) is 0 Å². The molecule has 4 fully saturated rings. The molecule has 0 radical (unpaired) electrons. The number of Topliss-reactive ketones (excluding diaryl/α,β-unsaturated/α-hetero) is 2. The Morgan fingerprint density at radius 3 is 1.33 bits per heavy atom. The second-order valence-electron chi connectivity index (χ2n) is 22.0. The average Bonchev–Trinajstić information content (AvgIpc) is 2.83. The first kappa shape index (κ1) is 54.8. The van der Waals surface area contributed by atoms with Crippen LogP contribution in [0.1, 0.15) is 138 Å². The number of ether oxygens (including phenoxy) is 8. The van der Waals surface area contributed by atoms with Crippen molar-refractivity contribution in [3.63, 3.8) is 0 Å². The fraction of sp³-hybridized carbons (Fsp3) is 0.474. The summed E-state index contributed by atoms with van der Waals surface area (Å²) in [6.45, 7) is 1.77. The summed E-state index contributed by atoms with van der Waals surface area (Å²) >= 11 is 0. The Balaban J connectivity index is 0.808. The molecular formula is C57H58N2O22. The Morgan fingerprint density at radius 2 is 0.963 bits per heavy atom. The van der Waals surface area contributed by atoms with Crippen molar-refractivity contribution < 1.29 is 108 Å². The molecule has 24 nitrogen and oxygen atoms in total. The zero-order chi connectivity index (χ0) is 57.5. The van der Waals surface area contributed by atoms with Gasteiger partial charge in [0.1, 0.15) is 84.6 Å². The van der Waals surface area contributed by atoms with Gasteiger partial charge < -0.3 is 78.7 Å². The van der Waals surface area contributed by atoms with Crippen LogP contribution in [0.2, 0.25) is 0 Å². The number of fused-ring (bicyclic) bond motifs is 8. The molecule has 0 bridgehead atoms. The SMILES string of the molecule is COc1cccc2c1C(=O)c1c(O)c3c(c(O)c1C2=O)C[C@@](O)(C(=O)CO)CC3OC1CC2C(OCN2CN2COC3C(C)OC(OC4C[C@](O)(C(=O)CO)Cc5c(O)c6c(c(O)c54)C(=O)c4c(OC)cccc4C6=O)CC32)C(C)O1. The smallest absolute Gasteiger partial charge is 0.202 e. The molecule has 10 unspecified atom stereocenters. The highest BCUT2D eigenvalue weighted by Gasteiger charge is 2.55. The molecule has 24 heteroatoms. The monoisotopic (exact) mass is 1120 g/mol. The highest BCUT2D eigenvalue weighted by molar-refractivity contribution is 6.32. The van der Waals surface area contributed by atoms with Gasteiger partial charge in [0.05, 0.1) is 78.7 Å². The van der Waals surface area contributed by atoms with E-state index < -0.39 is 191 Å². The van der Waals surface area contributed by atoms with Crippen molar-refractivity contribution in [2.24, 2.45) is 0 Å². The number of aromatic hydroxyl groups is 4. The number of aliphatic hydroxyl groups excluding tert-OH is 2. The first-order chi connectivity index (χ1) is 38.7. The van der Waals surface area contributed by atoms with E-state index in [0.717, 1.165) is 0 Å². The molecule has 4 heterocycles. The molecule has 8 N–H and O–H groups in total. The van der Waals surface area contributed by atoms with E-state index in [9.17, 15) is 69.6 Å². The van der Waals surface area contributed by atoms with Gasteiger partial charge in [0.2, 0.25) is 11.6 Å². The van der Waals surface area contributed by atoms with Gasteiger partial charge in [0.25, 0.3) is 0 Å². The number of carbonyl (C=O) groups excluding carboxylic acids is 6. The van der Waals surface area contributed by atoms with Crippen molar-refractivity contribution in [3.05, 3.63) is 103 Å². The second-order valence-corrected chi connectivity index (χ2v) is 22.0. The van der Waals surface area contributed by atoms with Crippen LogP contribution in [-0.2, 0) is 50.9 Å². The number of phenolic OH excluding ortho intramolecular Hbond substituents is 4. The lowest BCUT2D eigenvalue weighted by Crippen LogP contribution is -2.55. The Bertz CT molecular complexity index is 3180. The number of aliphatic hydroxyl groups is 4. The fourth-order valence-electron chi connectivity index (χ4n) is 13.6. The highest BCUT2D eigenvalue weighted by atomic mass is 16.7. The van der Waals surface area contributed by atoms with Gasteiger partial charge in [-0.1, -0.05) is 24.3 Å². The summed E-state index contributed by atoms with van der Waals surface area (Å²) in [4.78, 5) is 87.2. The number of benzene rings is 4. The molecule has 12 rings (SSSR count). The highest BCUT2D eigenvalue weighted by Crippen LogP contribution is 2.55. The van der Waals surface area contributed by atoms with Crippen LogP contribution in [0.3, 0.4) is 0 Å². The molecule has 0 aromatic heterocycles. The molecule has 8 aliphatic rings. The first-order valence-electron chi connectivity index (χ1n) is 26.5.